The topological polar surface area (TPSA) is 92.5 Å². The molecule has 3 amide bonds. The number of nitrogens with two attached hydrogens (primary N) is 1. The molecular weight excluding hydrogens is 425 g/mol. The van der Waals surface area contributed by atoms with Crippen molar-refractivity contribution < 1.29 is 14.4 Å². The van der Waals surface area contributed by atoms with E-state index in [1.54, 1.807) is 6.07 Å². The van der Waals surface area contributed by atoms with Gasteiger partial charge in [0.25, 0.3) is 5.91 Å². The predicted octanol–water partition coefficient (Wildman–Crippen LogP) is 3.19. The Morgan fingerprint density at radius 2 is 1.77 bits per heavy atom. The second-order valence-corrected chi connectivity index (χ2v) is 8.52. The Balaban J connectivity index is 1.87. The maximum Gasteiger partial charge on any atom is 0.253 e. The minimum Gasteiger partial charge on any atom is -0.368 e. The summed E-state index contributed by atoms with van der Waals surface area (Å²) in [6.45, 7) is 3.90. The Morgan fingerprint density at radius 3 is 2.37 bits per heavy atom. The monoisotopic (exact) mass is 447 g/mol. The lowest BCUT2D eigenvalue weighted by molar-refractivity contribution is -0.143. The molecule has 3 rings (SSSR count). The van der Waals surface area contributed by atoms with Gasteiger partial charge in [0.1, 0.15) is 12.1 Å². The molecule has 0 fully saturated rings. The molecule has 2 aromatic carbocycles. The van der Waals surface area contributed by atoms with E-state index in [-0.39, 0.29) is 29.0 Å². The summed E-state index contributed by atoms with van der Waals surface area (Å²) >= 11 is 12.0. The highest BCUT2D eigenvalue weighted by molar-refractivity contribution is 6.36. The fourth-order valence-electron chi connectivity index (χ4n) is 3.59. The van der Waals surface area contributed by atoms with Crippen molar-refractivity contribution in [2.45, 2.75) is 38.9 Å². The van der Waals surface area contributed by atoms with Crippen molar-refractivity contribution in [3.8, 4) is 0 Å². The fraction of sp³-hybridized carbons (Fsp3) is 0.318. The SMILES string of the molecule is CC(C)[C@@H](NC(=O)c1ccc(Cl)cc1Cl)C(=O)N1Cc2ccccc2C[C@@H]1C(N)=O. The van der Waals surface area contributed by atoms with Crippen LogP contribution in [0.4, 0.5) is 0 Å². The molecule has 0 unspecified atom stereocenters. The summed E-state index contributed by atoms with van der Waals surface area (Å²) in [5, 5.41) is 3.36. The highest BCUT2D eigenvalue weighted by Gasteiger charge is 2.38. The molecule has 1 aliphatic heterocycles. The van der Waals surface area contributed by atoms with Crippen LogP contribution in [0.25, 0.3) is 0 Å². The van der Waals surface area contributed by atoms with Gasteiger partial charge in [-0.1, -0.05) is 61.3 Å². The number of primary amides is 1. The first-order valence-corrected chi connectivity index (χ1v) is 10.4. The number of amides is 3. The minimum atomic E-state index is -0.851. The van der Waals surface area contributed by atoms with Crippen molar-refractivity contribution >= 4 is 40.9 Å². The third-order valence-electron chi connectivity index (χ3n) is 5.26. The number of nitrogens with zero attached hydrogens (tertiary/aromatic N) is 1. The van der Waals surface area contributed by atoms with E-state index in [0.29, 0.717) is 11.4 Å². The lowest BCUT2D eigenvalue weighted by Crippen LogP contribution is -2.58. The first-order chi connectivity index (χ1) is 14.2. The van der Waals surface area contributed by atoms with Gasteiger partial charge in [0.15, 0.2) is 0 Å². The molecule has 0 aliphatic carbocycles. The molecule has 0 spiro atoms. The quantitative estimate of drug-likeness (QED) is 0.736. The average Bonchev–Trinajstić information content (AvgIpc) is 2.70. The van der Waals surface area contributed by atoms with Gasteiger partial charge in [-0.15, -0.1) is 0 Å². The van der Waals surface area contributed by atoms with Gasteiger partial charge < -0.3 is 16.0 Å². The van der Waals surface area contributed by atoms with E-state index in [0.717, 1.165) is 11.1 Å². The van der Waals surface area contributed by atoms with Crippen LogP contribution in [0.15, 0.2) is 42.5 Å². The number of hydrogen-bond acceptors (Lipinski definition) is 3. The van der Waals surface area contributed by atoms with Crippen LogP contribution in [0.2, 0.25) is 10.0 Å². The minimum absolute atomic E-state index is 0.192. The van der Waals surface area contributed by atoms with Crippen LogP contribution in [-0.2, 0) is 22.6 Å². The summed E-state index contributed by atoms with van der Waals surface area (Å²) in [7, 11) is 0. The Morgan fingerprint density at radius 1 is 1.10 bits per heavy atom. The normalized spacial score (nSPS) is 16.7. The van der Waals surface area contributed by atoms with Crippen LogP contribution in [0, 0.1) is 5.92 Å². The van der Waals surface area contributed by atoms with Crippen molar-refractivity contribution in [2.24, 2.45) is 11.7 Å². The molecule has 0 saturated heterocycles. The van der Waals surface area contributed by atoms with Gasteiger partial charge in [0.2, 0.25) is 11.8 Å². The molecule has 0 radical (unpaired) electrons. The number of nitrogens with one attached hydrogen (secondary N) is 1. The molecule has 2 atom stereocenters. The molecule has 3 N–H and O–H groups in total. The van der Waals surface area contributed by atoms with E-state index in [2.05, 4.69) is 5.32 Å². The smallest absolute Gasteiger partial charge is 0.253 e. The largest absolute Gasteiger partial charge is 0.368 e. The fourth-order valence-corrected chi connectivity index (χ4v) is 4.09. The molecule has 158 valence electrons. The van der Waals surface area contributed by atoms with Crippen LogP contribution in [0.1, 0.15) is 35.3 Å². The molecule has 0 aromatic heterocycles. The number of benzene rings is 2. The molecular formula is C22H23Cl2N3O3. The van der Waals surface area contributed by atoms with E-state index in [1.807, 2.05) is 38.1 Å². The second-order valence-electron chi connectivity index (χ2n) is 7.68. The Hall–Kier alpha value is -2.57. The summed E-state index contributed by atoms with van der Waals surface area (Å²) in [5.41, 5.74) is 7.77. The van der Waals surface area contributed by atoms with Gasteiger partial charge in [-0.25, -0.2) is 0 Å². The summed E-state index contributed by atoms with van der Waals surface area (Å²) in [4.78, 5) is 39.8. The van der Waals surface area contributed by atoms with Gasteiger partial charge in [-0.3, -0.25) is 14.4 Å². The molecule has 2 aromatic rings. The maximum atomic E-state index is 13.4. The van der Waals surface area contributed by atoms with E-state index >= 15 is 0 Å². The predicted molar refractivity (Wildman–Crippen MR) is 116 cm³/mol. The zero-order valence-electron chi connectivity index (χ0n) is 16.7. The Kier molecular flexibility index (Phi) is 6.68. The molecule has 0 bridgehead atoms. The van der Waals surface area contributed by atoms with Gasteiger partial charge in [-0.05, 0) is 35.2 Å². The molecule has 1 aliphatic rings. The molecule has 30 heavy (non-hydrogen) atoms. The third kappa shape index (κ3) is 4.60. The van der Waals surface area contributed by atoms with Crippen molar-refractivity contribution in [3.63, 3.8) is 0 Å². The van der Waals surface area contributed by atoms with E-state index < -0.39 is 23.9 Å². The van der Waals surface area contributed by atoms with Gasteiger partial charge in [-0.2, -0.15) is 0 Å². The lowest BCUT2D eigenvalue weighted by Gasteiger charge is -2.38. The zero-order chi connectivity index (χ0) is 22.0. The van der Waals surface area contributed by atoms with Crippen molar-refractivity contribution in [1.29, 1.82) is 0 Å². The van der Waals surface area contributed by atoms with E-state index in [4.69, 9.17) is 28.9 Å². The molecule has 6 nitrogen and oxygen atoms in total. The van der Waals surface area contributed by atoms with E-state index in [1.165, 1.54) is 17.0 Å². The number of fused-ring (bicyclic) bond motifs is 1. The van der Waals surface area contributed by atoms with Crippen molar-refractivity contribution in [2.75, 3.05) is 0 Å². The summed E-state index contributed by atoms with van der Waals surface area (Å²) in [5.74, 6) is -1.65. The zero-order valence-corrected chi connectivity index (χ0v) is 18.2. The first kappa shape index (κ1) is 22.1. The van der Waals surface area contributed by atoms with Crippen molar-refractivity contribution in [3.05, 3.63) is 69.2 Å². The maximum absolute atomic E-state index is 13.4. The number of hydrogen-bond donors (Lipinski definition) is 2. The van der Waals surface area contributed by atoms with E-state index in [9.17, 15) is 14.4 Å². The summed E-state index contributed by atoms with van der Waals surface area (Å²) < 4.78 is 0. The Bertz CT molecular complexity index is 993. The number of halogens is 2. The third-order valence-corrected chi connectivity index (χ3v) is 5.80. The Labute approximate surface area is 185 Å². The second kappa shape index (κ2) is 9.06. The average molecular weight is 448 g/mol. The van der Waals surface area contributed by atoms with Crippen LogP contribution in [0.3, 0.4) is 0 Å². The number of carbonyl (C=O) groups is 3. The summed E-state index contributed by atoms with van der Waals surface area (Å²) in [6, 6.07) is 10.5. The molecule has 1 heterocycles. The lowest BCUT2D eigenvalue weighted by atomic mass is 9.91. The molecule has 0 saturated carbocycles. The van der Waals surface area contributed by atoms with Gasteiger partial charge >= 0.3 is 0 Å². The van der Waals surface area contributed by atoms with Gasteiger partial charge in [0, 0.05) is 18.0 Å². The highest BCUT2D eigenvalue weighted by atomic mass is 35.5. The standard InChI is InChI=1S/C22H23Cl2N3O3/c1-12(2)19(26-21(29)16-8-7-15(23)10-17(16)24)22(30)27-11-14-6-4-3-5-13(14)9-18(27)20(25)28/h3-8,10,12,18-19H,9,11H2,1-2H3,(H2,25,28)(H,26,29)/t18-,19-/m1/s1. The summed E-state index contributed by atoms with van der Waals surface area (Å²) in [6.07, 6.45) is 0.346. The van der Waals surface area contributed by atoms with Gasteiger partial charge in [0.05, 0.1) is 10.6 Å². The number of carbonyl (C=O) groups excluding carboxylic acids is 3. The van der Waals surface area contributed by atoms with Crippen LogP contribution >= 0.6 is 23.2 Å². The van der Waals surface area contributed by atoms with Crippen molar-refractivity contribution in [1.82, 2.24) is 10.2 Å². The van der Waals surface area contributed by atoms with Crippen LogP contribution in [0.5, 0.6) is 0 Å². The van der Waals surface area contributed by atoms with Crippen LogP contribution in [-0.4, -0.2) is 34.7 Å². The molecule has 8 heteroatoms. The number of rotatable bonds is 5. The van der Waals surface area contributed by atoms with Crippen LogP contribution < -0.4 is 11.1 Å². The first-order valence-electron chi connectivity index (χ1n) is 9.61. The highest BCUT2D eigenvalue weighted by Crippen LogP contribution is 2.26.